The number of oxime groups is 1. The van der Waals surface area contributed by atoms with Crippen molar-refractivity contribution in [1.29, 1.82) is 0 Å². The van der Waals surface area contributed by atoms with Crippen molar-refractivity contribution in [1.82, 2.24) is 4.98 Å². The molecular weight excluding hydrogens is 266 g/mol. The topological polar surface area (TPSA) is 97.8 Å². The van der Waals surface area contributed by atoms with E-state index in [1.54, 1.807) is 5.38 Å². The predicted octanol–water partition coefficient (Wildman–Crippen LogP) is 2.11. The van der Waals surface area contributed by atoms with Gasteiger partial charge in [0.25, 0.3) is 0 Å². The number of carboxylic acids is 1. The highest BCUT2D eigenvalue weighted by atomic mass is 32.1. The summed E-state index contributed by atoms with van der Waals surface area (Å²) < 4.78 is 0. The van der Waals surface area contributed by atoms with Gasteiger partial charge in [-0.3, -0.25) is 0 Å². The number of rotatable bonds is 5. The van der Waals surface area contributed by atoms with E-state index in [4.69, 9.17) is 15.7 Å². The van der Waals surface area contributed by atoms with Gasteiger partial charge in [0.15, 0.2) is 5.13 Å². The number of aliphatic carboxylic acids is 1. The Kier molecular flexibility index (Phi) is 4.73. The van der Waals surface area contributed by atoms with Crippen molar-refractivity contribution in [2.45, 2.75) is 32.1 Å². The second kappa shape index (κ2) is 6.51. The highest BCUT2D eigenvalue weighted by Crippen LogP contribution is 2.23. The summed E-state index contributed by atoms with van der Waals surface area (Å²) in [6.07, 6.45) is 5.96. The average molecular weight is 283 g/mol. The molecule has 2 rings (SSSR count). The van der Waals surface area contributed by atoms with E-state index in [-0.39, 0.29) is 11.4 Å². The van der Waals surface area contributed by atoms with E-state index >= 15 is 0 Å². The number of carboxylic acid groups (broad SMARTS) is 1. The molecule has 6 nitrogen and oxygen atoms in total. The van der Waals surface area contributed by atoms with E-state index in [2.05, 4.69) is 10.1 Å². The molecule has 1 heterocycles. The van der Waals surface area contributed by atoms with Gasteiger partial charge < -0.3 is 15.7 Å². The molecule has 0 radical (unpaired) electrons. The minimum Gasteiger partial charge on any atom is -0.476 e. The lowest BCUT2D eigenvalue weighted by molar-refractivity contribution is -0.129. The Balaban J connectivity index is 1.95. The molecule has 1 aromatic rings. The second-order valence-corrected chi connectivity index (χ2v) is 5.51. The summed E-state index contributed by atoms with van der Waals surface area (Å²) in [5, 5.41) is 14.7. The molecule has 1 saturated carbocycles. The summed E-state index contributed by atoms with van der Waals surface area (Å²) >= 11 is 1.18. The van der Waals surface area contributed by atoms with Gasteiger partial charge in [0.1, 0.15) is 12.3 Å². The molecule has 1 aliphatic carbocycles. The van der Waals surface area contributed by atoms with Gasteiger partial charge in [0.05, 0.1) is 0 Å². The van der Waals surface area contributed by atoms with Crippen molar-refractivity contribution < 1.29 is 14.7 Å². The van der Waals surface area contributed by atoms with Crippen LogP contribution in [0.3, 0.4) is 0 Å². The molecular formula is C12H17N3O3S. The third-order valence-electron chi connectivity index (χ3n) is 3.16. The number of anilines is 1. The van der Waals surface area contributed by atoms with Crippen molar-refractivity contribution in [3.63, 3.8) is 0 Å². The first kappa shape index (κ1) is 13.8. The maximum Gasteiger partial charge on any atom is 0.360 e. The van der Waals surface area contributed by atoms with Crippen LogP contribution in [0.5, 0.6) is 0 Å². The quantitative estimate of drug-likeness (QED) is 0.637. The molecule has 7 heteroatoms. The number of nitrogens with two attached hydrogens (primary N) is 1. The molecule has 104 valence electrons. The Morgan fingerprint density at radius 2 is 2.26 bits per heavy atom. The van der Waals surface area contributed by atoms with Gasteiger partial charge in [-0.05, 0) is 18.8 Å². The summed E-state index contributed by atoms with van der Waals surface area (Å²) in [6.45, 7) is 0.469. The fourth-order valence-electron chi connectivity index (χ4n) is 2.15. The standard InChI is InChI=1S/C12H17N3O3S/c13-12-14-9(7-19-12)10(11(16)17)15-18-6-8-4-2-1-3-5-8/h7-8H,1-6H2,(H2,13,14)(H,16,17)/b15-10-. The maximum absolute atomic E-state index is 11.1. The number of hydrogen-bond donors (Lipinski definition) is 2. The molecule has 0 atom stereocenters. The van der Waals surface area contributed by atoms with Crippen molar-refractivity contribution in [2.75, 3.05) is 12.3 Å². The number of carbonyl (C=O) groups is 1. The van der Waals surface area contributed by atoms with Crippen molar-refractivity contribution in [2.24, 2.45) is 11.1 Å². The van der Waals surface area contributed by atoms with Crippen LogP contribution in [-0.2, 0) is 9.63 Å². The van der Waals surface area contributed by atoms with Gasteiger partial charge in [-0.2, -0.15) is 0 Å². The van der Waals surface area contributed by atoms with Gasteiger partial charge in [0, 0.05) is 5.38 Å². The number of thiazole rings is 1. The average Bonchev–Trinajstić information content (AvgIpc) is 2.82. The number of nitrogen functional groups attached to an aromatic ring is 1. The molecule has 19 heavy (non-hydrogen) atoms. The van der Waals surface area contributed by atoms with Crippen LogP contribution in [0.4, 0.5) is 5.13 Å². The van der Waals surface area contributed by atoms with Gasteiger partial charge >= 0.3 is 5.97 Å². The Bertz CT molecular complexity index is 467. The van der Waals surface area contributed by atoms with Gasteiger partial charge in [-0.1, -0.05) is 24.4 Å². The van der Waals surface area contributed by atoms with E-state index in [9.17, 15) is 4.79 Å². The molecule has 0 unspecified atom stereocenters. The summed E-state index contributed by atoms with van der Waals surface area (Å²) in [5.74, 6) is -0.679. The van der Waals surface area contributed by atoms with E-state index in [0.717, 1.165) is 12.8 Å². The predicted molar refractivity (Wildman–Crippen MR) is 73.2 cm³/mol. The third-order valence-corrected chi connectivity index (χ3v) is 3.83. The Morgan fingerprint density at radius 3 is 2.84 bits per heavy atom. The monoisotopic (exact) mass is 283 g/mol. The van der Waals surface area contributed by atoms with Gasteiger partial charge in [-0.25, -0.2) is 9.78 Å². The van der Waals surface area contributed by atoms with E-state index in [0.29, 0.717) is 17.7 Å². The molecule has 1 aliphatic rings. The summed E-state index contributed by atoms with van der Waals surface area (Å²) in [6, 6.07) is 0. The first-order valence-corrected chi connectivity index (χ1v) is 7.19. The molecule has 0 spiro atoms. The van der Waals surface area contributed by atoms with Crippen LogP contribution < -0.4 is 5.73 Å². The van der Waals surface area contributed by atoms with E-state index in [1.165, 1.54) is 30.6 Å². The molecule has 0 bridgehead atoms. The van der Waals surface area contributed by atoms with Crippen LogP contribution in [0.2, 0.25) is 0 Å². The highest BCUT2D eigenvalue weighted by Gasteiger charge is 2.18. The number of aromatic nitrogens is 1. The molecule has 0 aliphatic heterocycles. The van der Waals surface area contributed by atoms with Crippen LogP contribution in [0.25, 0.3) is 0 Å². The first-order valence-electron chi connectivity index (χ1n) is 6.31. The van der Waals surface area contributed by atoms with E-state index < -0.39 is 5.97 Å². The van der Waals surface area contributed by atoms with Crippen LogP contribution in [0.15, 0.2) is 10.5 Å². The molecule has 1 fully saturated rings. The second-order valence-electron chi connectivity index (χ2n) is 4.62. The SMILES string of the molecule is Nc1nc(/C(=N/OCC2CCCCC2)C(=O)O)cs1. The minimum absolute atomic E-state index is 0.191. The fraction of sp³-hybridized carbons (Fsp3) is 0.583. The lowest BCUT2D eigenvalue weighted by atomic mass is 9.90. The lowest BCUT2D eigenvalue weighted by Gasteiger charge is -2.19. The normalized spacial score (nSPS) is 17.4. The Labute approximate surface area is 115 Å². The van der Waals surface area contributed by atoms with Gasteiger partial charge in [-0.15, -0.1) is 11.3 Å². The summed E-state index contributed by atoms with van der Waals surface area (Å²) in [4.78, 5) is 20.2. The number of nitrogens with zero attached hydrogens (tertiary/aromatic N) is 2. The van der Waals surface area contributed by atoms with E-state index in [1.807, 2.05) is 0 Å². The first-order chi connectivity index (χ1) is 9.16. The third kappa shape index (κ3) is 3.92. The van der Waals surface area contributed by atoms with Crippen LogP contribution >= 0.6 is 11.3 Å². The highest BCUT2D eigenvalue weighted by molar-refractivity contribution is 7.13. The smallest absolute Gasteiger partial charge is 0.360 e. The zero-order valence-electron chi connectivity index (χ0n) is 10.5. The fourth-order valence-corrected chi connectivity index (χ4v) is 2.70. The largest absolute Gasteiger partial charge is 0.476 e. The molecule has 0 aromatic carbocycles. The van der Waals surface area contributed by atoms with Crippen molar-refractivity contribution >= 4 is 28.1 Å². The van der Waals surface area contributed by atoms with Crippen LogP contribution in [0, 0.1) is 5.92 Å². The Morgan fingerprint density at radius 1 is 1.53 bits per heavy atom. The molecule has 3 N–H and O–H groups in total. The van der Waals surface area contributed by atoms with Crippen molar-refractivity contribution in [3.05, 3.63) is 11.1 Å². The maximum atomic E-state index is 11.1. The van der Waals surface area contributed by atoms with Crippen LogP contribution in [0.1, 0.15) is 37.8 Å². The zero-order valence-corrected chi connectivity index (χ0v) is 11.4. The van der Waals surface area contributed by atoms with Crippen LogP contribution in [-0.4, -0.2) is 28.4 Å². The summed E-state index contributed by atoms with van der Waals surface area (Å²) in [5.41, 5.74) is 5.54. The molecule has 1 aromatic heterocycles. The minimum atomic E-state index is -1.16. The zero-order chi connectivity index (χ0) is 13.7. The lowest BCUT2D eigenvalue weighted by Crippen LogP contribution is -2.17. The molecule has 0 amide bonds. The number of hydrogen-bond acceptors (Lipinski definition) is 6. The summed E-state index contributed by atoms with van der Waals surface area (Å²) in [7, 11) is 0. The van der Waals surface area contributed by atoms with Crippen molar-refractivity contribution in [3.8, 4) is 0 Å². The van der Waals surface area contributed by atoms with Gasteiger partial charge in [0.2, 0.25) is 5.71 Å². The Hall–Kier alpha value is -1.63. The molecule has 0 saturated heterocycles.